The van der Waals surface area contributed by atoms with Crippen LogP contribution in [-0.2, 0) is 24.3 Å². The fourth-order valence-electron chi connectivity index (χ4n) is 2.17. The molecule has 2 fully saturated rings. The Balaban J connectivity index is 1.77. The van der Waals surface area contributed by atoms with Gasteiger partial charge in [0.05, 0.1) is 24.9 Å². The van der Waals surface area contributed by atoms with E-state index in [0.29, 0.717) is 26.3 Å². The number of carboxylic acid groups (broad SMARTS) is 1. The number of aliphatic carboxylic acids is 1. The Labute approximate surface area is 117 Å². The zero-order valence-corrected chi connectivity index (χ0v) is 11.8. The van der Waals surface area contributed by atoms with Crippen LogP contribution >= 0.6 is 0 Å². The summed E-state index contributed by atoms with van der Waals surface area (Å²) in [6.45, 7) is 1.74. The predicted molar refractivity (Wildman–Crippen MR) is 68.5 cm³/mol. The van der Waals surface area contributed by atoms with Crippen molar-refractivity contribution in [1.29, 1.82) is 0 Å². The van der Waals surface area contributed by atoms with Crippen molar-refractivity contribution in [2.45, 2.75) is 6.42 Å². The Morgan fingerprint density at radius 3 is 2.35 bits per heavy atom. The molecule has 8 nitrogen and oxygen atoms in total. The van der Waals surface area contributed by atoms with Gasteiger partial charge in [-0.15, -0.1) is 0 Å². The van der Waals surface area contributed by atoms with Crippen molar-refractivity contribution in [3.8, 4) is 0 Å². The van der Waals surface area contributed by atoms with Gasteiger partial charge in [-0.2, -0.15) is 4.31 Å². The maximum Gasteiger partial charge on any atom is 0.310 e. The number of carboxylic acids is 1. The van der Waals surface area contributed by atoms with Crippen LogP contribution < -0.4 is 0 Å². The number of carbonyl (C=O) groups excluding carboxylic acids is 1. The van der Waals surface area contributed by atoms with Gasteiger partial charge >= 0.3 is 5.97 Å². The van der Waals surface area contributed by atoms with Gasteiger partial charge in [-0.05, 0) is 0 Å². The first kappa shape index (κ1) is 15.2. The first-order valence-electron chi connectivity index (χ1n) is 6.46. The van der Waals surface area contributed by atoms with Gasteiger partial charge in [0.1, 0.15) is 0 Å². The third kappa shape index (κ3) is 3.47. The van der Waals surface area contributed by atoms with Crippen molar-refractivity contribution < 1.29 is 27.9 Å². The van der Waals surface area contributed by atoms with E-state index in [1.165, 1.54) is 9.21 Å². The van der Waals surface area contributed by atoms with Crippen LogP contribution in [0.2, 0.25) is 0 Å². The van der Waals surface area contributed by atoms with E-state index >= 15 is 0 Å². The number of hydrogen-bond acceptors (Lipinski definition) is 5. The quantitative estimate of drug-likeness (QED) is 0.668. The molecule has 0 atom stereocenters. The van der Waals surface area contributed by atoms with Crippen molar-refractivity contribution in [1.82, 2.24) is 9.21 Å². The van der Waals surface area contributed by atoms with Gasteiger partial charge in [0.15, 0.2) is 0 Å². The largest absolute Gasteiger partial charge is 0.481 e. The zero-order valence-electron chi connectivity index (χ0n) is 11.0. The van der Waals surface area contributed by atoms with E-state index in [9.17, 15) is 18.0 Å². The summed E-state index contributed by atoms with van der Waals surface area (Å²) in [6.07, 6.45) is -0.105. The summed E-state index contributed by atoms with van der Waals surface area (Å²) < 4.78 is 30.4. The summed E-state index contributed by atoms with van der Waals surface area (Å²) in [7, 11) is -3.44. The van der Waals surface area contributed by atoms with Gasteiger partial charge in [0, 0.05) is 32.6 Å². The standard InChI is InChI=1S/C11H18N2O6S/c14-10(12-7-9(8-12)11(15)16)1-6-20(17,18)13-2-4-19-5-3-13/h9H,1-8H2,(H,15,16). The van der Waals surface area contributed by atoms with Crippen LogP contribution in [0.3, 0.4) is 0 Å². The van der Waals surface area contributed by atoms with Crippen molar-refractivity contribution in [2.75, 3.05) is 45.1 Å². The topological polar surface area (TPSA) is 104 Å². The van der Waals surface area contributed by atoms with E-state index < -0.39 is 21.9 Å². The number of amides is 1. The predicted octanol–water partition coefficient (Wildman–Crippen LogP) is -1.42. The van der Waals surface area contributed by atoms with Gasteiger partial charge < -0.3 is 14.7 Å². The number of morpholine rings is 1. The van der Waals surface area contributed by atoms with Crippen molar-refractivity contribution in [2.24, 2.45) is 5.92 Å². The molecule has 2 aliphatic rings. The summed E-state index contributed by atoms with van der Waals surface area (Å²) in [6, 6.07) is 0. The number of nitrogens with zero attached hydrogens (tertiary/aromatic N) is 2. The Morgan fingerprint density at radius 2 is 1.80 bits per heavy atom. The number of rotatable bonds is 5. The molecule has 2 rings (SSSR count). The van der Waals surface area contributed by atoms with Gasteiger partial charge in [0.25, 0.3) is 0 Å². The molecule has 0 aromatic rings. The summed E-state index contributed by atoms with van der Waals surface area (Å²) in [5, 5.41) is 8.71. The Morgan fingerprint density at radius 1 is 1.20 bits per heavy atom. The lowest BCUT2D eigenvalue weighted by molar-refractivity contribution is -0.152. The molecule has 0 aromatic heterocycles. The molecular formula is C11H18N2O6S. The highest BCUT2D eigenvalue weighted by Crippen LogP contribution is 2.17. The van der Waals surface area contributed by atoms with E-state index in [2.05, 4.69) is 0 Å². The lowest BCUT2D eigenvalue weighted by Crippen LogP contribution is -2.53. The Kier molecular flexibility index (Phi) is 4.61. The molecule has 1 N–H and O–H groups in total. The average molecular weight is 306 g/mol. The maximum atomic E-state index is 12.0. The highest BCUT2D eigenvalue weighted by Gasteiger charge is 2.36. The minimum absolute atomic E-state index is 0.105. The smallest absolute Gasteiger partial charge is 0.310 e. The van der Waals surface area contributed by atoms with Gasteiger partial charge in [-0.1, -0.05) is 0 Å². The molecule has 2 heterocycles. The van der Waals surface area contributed by atoms with Crippen LogP contribution in [0.15, 0.2) is 0 Å². The van der Waals surface area contributed by atoms with Crippen LogP contribution in [-0.4, -0.2) is 79.8 Å². The SMILES string of the molecule is O=C(O)C1CN(C(=O)CCS(=O)(=O)N2CCOCC2)C1. The average Bonchev–Trinajstić information content (AvgIpc) is 2.35. The number of ether oxygens (including phenoxy) is 1. The molecule has 0 radical (unpaired) electrons. The Hall–Kier alpha value is -1.19. The van der Waals surface area contributed by atoms with Gasteiger partial charge in [-0.25, -0.2) is 8.42 Å². The number of carbonyl (C=O) groups is 2. The fourth-order valence-corrected chi connectivity index (χ4v) is 3.56. The minimum atomic E-state index is -3.44. The monoisotopic (exact) mass is 306 g/mol. The minimum Gasteiger partial charge on any atom is -0.481 e. The van der Waals surface area contributed by atoms with Gasteiger partial charge in [-0.3, -0.25) is 9.59 Å². The molecule has 9 heteroatoms. The van der Waals surface area contributed by atoms with Crippen LogP contribution in [0, 0.1) is 5.92 Å². The molecule has 0 unspecified atom stereocenters. The summed E-state index contributed by atoms with van der Waals surface area (Å²) >= 11 is 0. The van der Waals surface area contributed by atoms with Crippen LogP contribution in [0.5, 0.6) is 0 Å². The van der Waals surface area contributed by atoms with E-state index in [1.807, 2.05) is 0 Å². The second-order valence-electron chi connectivity index (χ2n) is 4.91. The summed E-state index contributed by atoms with van der Waals surface area (Å²) in [5.74, 6) is -1.98. The number of likely N-dealkylation sites (tertiary alicyclic amines) is 1. The first-order valence-corrected chi connectivity index (χ1v) is 8.07. The summed E-state index contributed by atoms with van der Waals surface area (Å²) in [4.78, 5) is 23.8. The molecule has 114 valence electrons. The third-order valence-corrected chi connectivity index (χ3v) is 5.39. The van der Waals surface area contributed by atoms with E-state index in [1.54, 1.807) is 0 Å². The fraction of sp³-hybridized carbons (Fsp3) is 0.818. The van der Waals surface area contributed by atoms with Crippen molar-refractivity contribution in [3.05, 3.63) is 0 Å². The molecule has 0 aliphatic carbocycles. The molecule has 0 bridgehead atoms. The highest BCUT2D eigenvalue weighted by molar-refractivity contribution is 7.89. The van der Waals surface area contributed by atoms with Gasteiger partial charge in [0.2, 0.25) is 15.9 Å². The second-order valence-corrected chi connectivity index (χ2v) is 7.00. The van der Waals surface area contributed by atoms with Crippen LogP contribution in [0.4, 0.5) is 0 Å². The number of hydrogen-bond donors (Lipinski definition) is 1. The maximum absolute atomic E-state index is 12.0. The molecule has 2 aliphatic heterocycles. The lowest BCUT2D eigenvalue weighted by Gasteiger charge is -2.36. The molecule has 2 saturated heterocycles. The highest BCUT2D eigenvalue weighted by atomic mass is 32.2. The van der Waals surface area contributed by atoms with E-state index in [-0.39, 0.29) is 31.2 Å². The first-order chi connectivity index (χ1) is 9.40. The van der Waals surface area contributed by atoms with E-state index in [4.69, 9.17) is 9.84 Å². The van der Waals surface area contributed by atoms with Crippen molar-refractivity contribution >= 4 is 21.9 Å². The molecule has 0 saturated carbocycles. The molecule has 1 amide bonds. The molecule has 20 heavy (non-hydrogen) atoms. The third-order valence-electron chi connectivity index (χ3n) is 3.52. The van der Waals surface area contributed by atoms with E-state index in [0.717, 1.165) is 0 Å². The second kappa shape index (κ2) is 6.06. The lowest BCUT2D eigenvalue weighted by atomic mass is 10.0. The normalized spacial score (nSPS) is 21.5. The number of sulfonamides is 1. The summed E-state index contributed by atoms with van der Waals surface area (Å²) in [5.41, 5.74) is 0. The van der Waals surface area contributed by atoms with Crippen molar-refractivity contribution in [3.63, 3.8) is 0 Å². The molecule has 0 spiro atoms. The Bertz CT molecular complexity index is 479. The van der Waals surface area contributed by atoms with Crippen LogP contribution in [0.25, 0.3) is 0 Å². The molecule has 0 aromatic carbocycles. The zero-order chi connectivity index (χ0) is 14.8. The molecular weight excluding hydrogens is 288 g/mol. The van der Waals surface area contributed by atoms with Crippen LogP contribution in [0.1, 0.15) is 6.42 Å².